The lowest BCUT2D eigenvalue weighted by molar-refractivity contribution is 0.0468. The molecule has 0 saturated carbocycles. The fourth-order valence-corrected chi connectivity index (χ4v) is 4.19. The number of esters is 1. The van der Waals surface area contributed by atoms with Crippen LogP contribution in [-0.2, 0) is 17.6 Å². The van der Waals surface area contributed by atoms with Crippen molar-refractivity contribution in [3.05, 3.63) is 77.2 Å². The molecule has 30 heavy (non-hydrogen) atoms. The van der Waals surface area contributed by atoms with E-state index in [0.29, 0.717) is 17.1 Å². The summed E-state index contributed by atoms with van der Waals surface area (Å²) in [5.74, 6) is -0.174. The van der Waals surface area contributed by atoms with Crippen molar-refractivity contribution < 1.29 is 18.7 Å². The number of pyridine rings is 1. The van der Waals surface area contributed by atoms with Crippen molar-refractivity contribution in [2.45, 2.75) is 26.2 Å². The van der Waals surface area contributed by atoms with E-state index in [2.05, 4.69) is 6.92 Å². The lowest BCUT2D eigenvalue weighted by Gasteiger charge is -2.24. The number of ether oxygens (including phenoxy) is 1. The third-order valence-electron chi connectivity index (χ3n) is 5.74. The molecule has 1 aliphatic rings. The molecule has 5 nitrogen and oxygen atoms in total. The zero-order valence-electron chi connectivity index (χ0n) is 16.7. The van der Waals surface area contributed by atoms with E-state index in [1.54, 1.807) is 12.1 Å². The molecule has 1 unspecified atom stereocenters. The third kappa shape index (κ3) is 3.26. The maximum Gasteiger partial charge on any atom is 0.339 e. The fourth-order valence-electron chi connectivity index (χ4n) is 4.19. The van der Waals surface area contributed by atoms with Crippen molar-refractivity contribution in [2.24, 2.45) is 5.92 Å². The molecule has 0 N–H and O–H groups in total. The number of rotatable bonds is 4. The molecule has 0 bridgehead atoms. The number of nitrogens with zero attached hydrogens (tertiary/aromatic N) is 1. The predicted molar refractivity (Wildman–Crippen MR) is 114 cm³/mol. The third-order valence-corrected chi connectivity index (χ3v) is 5.74. The minimum atomic E-state index is -0.483. The normalized spacial score (nSPS) is 15.8. The number of aromatic nitrogens is 1. The van der Waals surface area contributed by atoms with Gasteiger partial charge < -0.3 is 9.15 Å². The number of hydrogen-bond acceptors (Lipinski definition) is 5. The molecule has 1 aliphatic carbocycles. The highest BCUT2D eigenvalue weighted by Crippen LogP contribution is 2.32. The van der Waals surface area contributed by atoms with Gasteiger partial charge in [0.05, 0.1) is 11.1 Å². The van der Waals surface area contributed by atoms with Crippen LogP contribution in [0.1, 0.15) is 45.5 Å². The standard InChI is InChI=1S/C25H21NO4/c1-15-10-11-20-18(12-15)24(17-7-3-4-8-19(17)26-20)25(28)29-14-21(27)23-13-16-6-2-5-9-22(16)30-23/h2-9,13,15H,10-12,14H2,1H3. The number of carbonyl (C=O) groups is 2. The molecule has 0 saturated heterocycles. The summed E-state index contributed by atoms with van der Waals surface area (Å²) >= 11 is 0. The molecular weight excluding hydrogens is 378 g/mol. The van der Waals surface area contributed by atoms with Crippen molar-refractivity contribution in [3.63, 3.8) is 0 Å². The van der Waals surface area contributed by atoms with Gasteiger partial charge in [-0.25, -0.2) is 4.79 Å². The van der Waals surface area contributed by atoms with Crippen LogP contribution in [0.4, 0.5) is 0 Å². The molecule has 2 heterocycles. The number of aryl methyl sites for hydroxylation is 1. The highest BCUT2D eigenvalue weighted by molar-refractivity contribution is 6.06. The van der Waals surface area contributed by atoms with Gasteiger partial charge >= 0.3 is 5.97 Å². The van der Waals surface area contributed by atoms with Crippen LogP contribution in [-0.4, -0.2) is 23.3 Å². The molecule has 150 valence electrons. The molecule has 5 heteroatoms. The van der Waals surface area contributed by atoms with Crippen LogP contribution in [0.25, 0.3) is 21.9 Å². The molecule has 0 radical (unpaired) electrons. The monoisotopic (exact) mass is 399 g/mol. The largest absolute Gasteiger partial charge is 0.454 e. The van der Waals surface area contributed by atoms with Gasteiger partial charge in [-0.2, -0.15) is 0 Å². The van der Waals surface area contributed by atoms with E-state index in [9.17, 15) is 9.59 Å². The average molecular weight is 399 g/mol. The van der Waals surface area contributed by atoms with Gasteiger partial charge in [-0.1, -0.05) is 43.3 Å². The van der Waals surface area contributed by atoms with Crippen molar-refractivity contribution in [3.8, 4) is 0 Å². The number of benzene rings is 2. The van der Waals surface area contributed by atoms with Crippen molar-refractivity contribution in [2.75, 3.05) is 6.61 Å². The zero-order chi connectivity index (χ0) is 20.7. The number of para-hydroxylation sites is 2. The Kier molecular flexibility index (Phi) is 4.58. The molecule has 2 aromatic heterocycles. The van der Waals surface area contributed by atoms with Crippen molar-refractivity contribution in [1.82, 2.24) is 4.98 Å². The van der Waals surface area contributed by atoms with E-state index >= 15 is 0 Å². The Hall–Kier alpha value is -3.47. The van der Waals surface area contributed by atoms with Crippen molar-refractivity contribution >= 4 is 33.6 Å². The van der Waals surface area contributed by atoms with Crippen LogP contribution in [0, 0.1) is 5.92 Å². The average Bonchev–Trinajstić information content (AvgIpc) is 3.20. The second kappa shape index (κ2) is 7.41. The molecule has 5 rings (SSSR count). The zero-order valence-corrected chi connectivity index (χ0v) is 16.7. The summed E-state index contributed by atoms with van der Waals surface area (Å²) in [7, 11) is 0. The van der Waals surface area contributed by atoms with Gasteiger partial charge in [0.15, 0.2) is 12.4 Å². The molecule has 4 aromatic rings. The first-order chi connectivity index (χ1) is 14.6. The maximum absolute atomic E-state index is 13.1. The van der Waals surface area contributed by atoms with Gasteiger partial charge in [0.2, 0.25) is 5.78 Å². The van der Waals surface area contributed by atoms with Gasteiger partial charge in [-0.05, 0) is 48.9 Å². The molecule has 1 atom stereocenters. The maximum atomic E-state index is 13.1. The number of carbonyl (C=O) groups excluding carboxylic acids is 2. The van der Waals surface area contributed by atoms with E-state index in [1.807, 2.05) is 42.5 Å². The predicted octanol–water partition coefficient (Wildman–Crippen LogP) is 5.15. The van der Waals surface area contributed by atoms with Crippen LogP contribution >= 0.6 is 0 Å². The first-order valence-corrected chi connectivity index (χ1v) is 10.2. The quantitative estimate of drug-likeness (QED) is 0.351. The summed E-state index contributed by atoms with van der Waals surface area (Å²) in [6, 6.07) is 16.7. The molecular formula is C25H21NO4. The number of Topliss-reactive ketones (excluding diaryl/α,β-unsaturated/α-hetero) is 1. The molecule has 0 spiro atoms. The van der Waals surface area contributed by atoms with E-state index < -0.39 is 5.97 Å². The second-order valence-electron chi connectivity index (χ2n) is 7.92. The van der Waals surface area contributed by atoms with Crippen LogP contribution in [0.5, 0.6) is 0 Å². The minimum Gasteiger partial charge on any atom is -0.454 e. The van der Waals surface area contributed by atoms with Crippen LogP contribution in [0.3, 0.4) is 0 Å². The van der Waals surface area contributed by atoms with E-state index in [-0.39, 0.29) is 18.2 Å². The Bertz CT molecular complexity index is 1250. The Morgan fingerprint density at radius 2 is 1.93 bits per heavy atom. The molecule has 2 aromatic carbocycles. The Balaban J connectivity index is 1.44. The molecule has 0 aliphatic heterocycles. The lowest BCUT2D eigenvalue weighted by Crippen LogP contribution is -2.21. The first kappa shape index (κ1) is 18.6. The summed E-state index contributed by atoms with van der Waals surface area (Å²) in [4.78, 5) is 30.5. The van der Waals surface area contributed by atoms with Crippen molar-refractivity contribution in [1.29, 1.82) is 0 Å². The van der Waals surface area contributed by atoms with Crippen LogP contribution in [0.15, 0.2) is 59.0 Å². The SMILES string of the molecule is CC1CCc2nc3ccccc3c(C(=O)OCC(=O)c3cc4ccccc4o3)c2C1. The Labute approximate surface area is 173 Å². The van der Waals surface area contributed by atoms with Crippen LogP contribution in [0.2, 0.25) is 0 Å². The highest BCUT2D eigenvalue weighted by Gasteiger charge is 2.26. The van der Waals surface area contributed by atoms with E-state index in [0.717, 1.165) is 46.8 Å². The summed E-state index contributed by atoms with van der Waals surface area (Å²) in [5.41, 5.74) is 3.87. The highest BCUT2D eigenvalue weighted by atomic mass is 16.5. The van der Waals surface area contributed by atoms with E-state index in [1.165, 1.54) is 0 Å². The molecule has 0 amide bonds. The van der Waals surface area contributed by atoms with Gasteiger partial charge in [0, 0.05) is 16.5 Å². The van der Waals surface area contributed by atoms with Gasteiger partial charge in [-0.3, -0.25) is 9.78 Å². The summed E-state index contributed by atoms with van der Waals surface area (Å²) in [6.45, 7) is 1.82. The lowest BCUT2D eigenvalue weighted by atomic mass is 9.84. The first-order valence-electron chi connectivity index (χ1n) is 10.2. The van der Waals surface area contributed by atoms with Crippen LogP contribution < -0.4 is 0 Å². The Morgan fingerprint density at radius 1 is 1.13 bits per heavy atom. The number of ketones is 1. The summed E-state index contributed by atoms with van der Waals surface area (Å²) in [6.07, 6.45) is 2.69. The minimum absolute atomic E-state index is 0.194. The van der Waals surface area contributed by atoms with E-state index in [4.69, 9.17) is 14.1 Å². The summed E-state index contributed by atoms with van der Waals surface area (Å²) in [5, 5.41) is 1.61. The number of fused-ring (bicyclic) bond motifs is 3. The second-order valence-corrected chi connectivity index (χ2v) is 7.92. The molecule has 0 fully saturated rings. The summed E-state index contributed by atoms with van der Waals surface area (Å²) < 4.78 is 11.1. The van der Waals surface area contributed by atoms with Gasteiger partial charge in [0.1, 0.15) is 5.58 Å². The Morgan fingerprint density at radius 3 is 2.80 bits per heavy atom. The number of furan rings is 1. The van der Waals surface area contributed by atoms with Gasteiger partial charge in [-0.15, -0.1) is 0 Å². The fraction of sp³-hybridized carbons (Fsp3) is 0.240. The smallest absolute Gasteiger partial charge is 0.339 e. The number of hydrogen-bond donors (Lipinski definition) is 0. The topological polar surface area (TPSA) is 69.4 Å². The van der Waals surface area contributed by atoms with Gasteiger partial charge in [0.25, 0.3) is 0 Å².